The molecule has 0 N–H and O–H groups in total. The molecule has 138 valence electrons. The molecule has 0 aliphatic heterocycles. The molecule has 0 atom stereocenters. The van der Waals surface area contributed by atoms with E-state index in [1.165, 1.54) is 0 Å². The van der Waals surface area contributed by atoms with Gasteiger partial charge in [-0.3, -0.25) is 0 Å². The van der Waals surface area contributed by atoms with Gasteiger partial charge in [-0.1, -0.05) is 6.07 Å². The second-order valence-corrected chi connectivity index (χ2v) is 11.0. The average molecular weight is 377 g/mol. The summed E-state index contributed by atoms with van der Waals surface area (Å²) in [6, 6.07) is 6.52. The number of hydrogen-bond acceptors (Lipinski definition) is 7. The lowest BCUT2D eigenvalue weighted by atomic mass is 10.2. The molecule has 0 saturated carbocycles. The van der Waals surface area contributed by atoms with Crippen molar-refractivity contribution in [1.82, 2.24) is 0 Å². The first-order valence-corrected chi connectivity index (χ1v) is 11.1. The van der Waals surface area contributed by atoms with Gasteiger partial charge in [0, 0.05) is 48.7 Å². The SMILES string of the molecule is COc1ccc(CC[Si](OC)(OC)OC)cc1[Si](OC)(OC)OC. The van der Waals surface area contributed by atoms with Gasteiger partial charge in [0.25, 0.3) is 0 Å². The summed E-state index contributed by atoms with van der Waals surface area (Å²) in [6.07, 6.45) is 0.723. The molecule has 0 amide bonds. The summed E-state index contributed by atoms with van der Waals surface area (Å²) < 4.78 is 38.6. The maximum atomic E-state index is 5.58. The van der Waals surface area contributed by atoms with Gasteiger partial charge in [0.15, 0.2) is 0 Å². The minimum absolute atomic E-state index is 0.657. The first kappa shape index (κ1) is 21.3. The monoisotopic (exact) mass is 376 g/mol. The summed E-state index contributed by atoms with van der Waals surface area (Å²) in [5.41, 5.74) is 1.07. The fourth-order valence-corrected chi connectivity index (χ4v) is 6.30. The molecule has 9 heteroatoms. The Morgan fingerprint density at radius 1 is 0.750 bits per heavy atom. The van der Waals surface area contributed by atoms with Crippen molar-refractivity contribution in [2.75, 3.05) is 49.8 Å². The van der Waals surface area contributed by atoms with E-state index in [-0.39, 0.29) is 0 Å². The molecule has 0 unspecified atom stereocenters. The highest BCUT2D eigenvalue weighted by Crippen LogP contribution is 2.21. The lowest BCUT2D eigenvalue weighted by Crippen LogP contribution is -2.55. The van der Waals surface area contributed by atoms with E-state index in [1.807, 2.05) is 18.2 Å². The zero-order valence-electron chi connectivity index (χ0n) is 15.5. The lowest BCUT2D eigenvalue weighted by Gasteiger charge is -2.27. The highest BCUT2D eigenvalue weighted by molar-refractivity contribution is 6.76. The maximum absolute atomic E-state index is 5.58. The van der Waals surface area contributed by atoms with Crippen LogP contribution < -0.4 is 9.92 Å². The average Bonchev–Trinajstić information content (AvgIpc) is 2.65. The van der Waals surface area contributed by atoms with Crippen molar-refractivity contribution in [2.45, 2.75) is 12.5 Å². The summed E-state index contributed by atoms with van der Waals surface area (Å²) in [5.74, 6) is 0.671. The molecule has 1 rings (SSSR count). The Morgan fingerprint density at radius 2 is 1.29 bits per heavy atom. The summed E-state index contributed by atoms with van der Waals surface area (Å²) in [6.45, 7) is 0. The number of aryl methyl sites for hydroxylation is 1. The van der Waals surface area contributed by atoms with Gasteiger partial charge >= 0.3 is 17.6 Å². The number of methoxy groups -OCH3 is 1. The summed E-state index contributed by atoms with van der Waals surface area (Å²) in [7, 11) is 5.53. The van der Waals surface area contributed by atoms with Gasteiger partial charge in [0.05, 0.1) is 12.3 Å². The summed E-state index contributed by atoms with van der Waals surface area (Å²) in [4.78, 5) is 0. The van der Waals surface area contributed by atoms with Gasteiger partial charge < -0.3 is 31.3 Å². The van der Waals surface area contributed by atoms with E-state index >= 15 is 0 Å². The van der Waals surface area contributed by atoms with Crippen molar-refractivity contribution in [2.24, 2.45) is 0 Å². The minimum Gasteiger partial charge on any atom is -0.497 e. The van der Waals surface area contributed by atoms with Gasteiger partial charge in [-0.05, 0) is 24.1 Å². The first-order valence-electron chi connectivity index (χ1n) is 7.48. The van der Waals surface area contributed by atoms with Crippen molar-refractivity contribution in [3.63, 3.8) is 0 Å². The molecule has 0 aliphatic carbocycles. The Hall–Kier alpha value is -0.786. The predicted octanol–water partition coefficient (Wildman–Crippen LogP) is 1.20. The molecule has 24 heavy (non-hydrogen) atoms. The summed E-state index contributed by atoms with van der Waals surface area (Å²) >= 11 is 0. The maximum Gasteiger partial charge on any atom is 0.540 e. The van der Waals surface area contributed by atoms with Crippen LogP contribution >= 0.6 is 0 Å². The van der Waals surface area contributed by atoms with Crippen LogP contribution in [0.25, 0.3) is 0 Å². The van der Waals surface area contributed by atoms with Crippen LogP contribution in [0, 0.1) is 0 Å². The normalized spacial score (nSPS) is 12.5. The lowest BCUT2D eigenvalue weighted by molar-refractivity contribution is 0.123. The van der Waals surface area contributed by atoms with E-state index in [2.05, 4.69) is 0 Å². The van der Waals surface area contributed by atoms with Crippen LogP contribution in [0.4, 0.5) is 0 Å². The van der Waals surface area contributed by atoms with Crippen molar-refractivity contribution in [3.05, 3.63) is 23.8 Å². The van der Waals surface area contributed by atoms with Crippen LogP contribution in [0.2, 0.25) is 6.04 Å². The zero-order valence-corrected chi connectivity index (χ0v) is 17.5. The van der Waals surface area contributed by atoms with Crippen molar-refractivity contribution < 1.29 is 31.3 Å². The van der Waals surface area contributed by atoms with Crippen molar-refractivity contribution >= 4 is 22.8 Å². The topological polar surface area (TPSA) is 64.6 Å². The van der Waals surface area contributed by atoms with Crippen molar-refractivity contribution in [3.8, 4) is 5.75 Å². The molecular weight excluding hydrogens is 348 g/mol. The largest absolute Gasteiger partial charge is 0.540 e. The molecule has 0 fully saturated rings. The third-order valence-corrected chi connectivity index (χ3v) is 9.44. The fourth-order valence-electron chi connectivity index (χ4n) is 2.58. The smallest absolute Gasteiger partial charge is 0.497 e. The molecule has 0 spiro atoms. The third kappa shape index (κ3) is 4.43. The highest BCUT2D eigenvalue weighted by Gasteiger charge is 2.44. The van der Waals surface area contributed by atoms with Gasteiger partial charge in [-0.15, -0.1) is 0 Å². The fraction of sp³-hybridized carbons (Fsp3) is 0.600. The Bertz CT molecular complexity index is 488. The molecule has 0 bridgehead atoms. The van der Waals surface area contributed by atoms with Crippen LogP contribution in [-0.4, -0.2) is 67.4 Å². The van der Waals surface area contributed by atoms with Gasteiger partial charge in [-0.2, -0.15) is 0 Å². The second-order valence-electron chi connectivity index (χ2n) is 5.00. The van der Waals surface area contributed by atoms with Crippen LogP contribution in [-0.2, 0) is 33.0 Å². The Labute approximate surface area is 146 Å². The molecule has 0 radical (unpaired) electrons. The van der Waals surface area contributed by atoms with Gasteiger partial charge in [0.2, 0.25) is 0 Å². The highest BCUT2D eigenvalue weighted by atomic mass is 28.4. The Balaban J connectivity index is 3.14. The number of rotatable bonds is 11. The van der Waals surface area contributed by atoms with E-state index in [4.69, 9.17) is 31.3 Å². The Kier molecular flexibility index (Phi) is 8.53. The zero-order chi connectivity index (χ0) is 18.2. The van der Waals surface area contributed by atoms with Gasteiger partial charge in [-0.25, -0.2) is 0 Å². The van der Waals surface area contributed by atoms with Crippen LogP contribution in [0.15, 0.2) is 18.2 Å². The first-order chi connectivity index (χ1) is 11.5. The molecule has 0 heterocycles. The standard InChI is InChI=1S/C15H28O7Si2/c1-16-14-9-8-13(10-11-23(17-2,18-3)19-4)12-15(14)24(20-5,21-6)22-7/h8-9,12H,10-11H2,1-7H3. The minimum atomic E-state index is -3.00. The van der Waals surface area contributed by atoms with Crippen LogP contribution in [0.1, 0.15) is 5.56 Å². The third-order valence-electron chi connectivity index (χ3n) is 4.05. The predicted molar refractivity (Wildman–Crippen MR) is 94.7 cm³/mol. The number of ether oxygens (including phenoxy) is 1. The molecule has 1 aromatic carbocycles. The van der Waals surface area contributed by atoms with Crippen LogP contribution in [0.5, 0.6) is 5.75 Å². The molecule has 0 aromatic heterocycles. The molecular formula is C15H28O7Si2. The second kappa shape index (κ2) is 9.63. The van der Waals surface area contributed by atoms with Gasteiger partial charge in [0.1, 0.15) is 5.75 Å². The molecule has 7 nitrogen and oxygen atoms in total. The Morgan fingerprint density at radius 3 is 1.71 bits per heavy atom. The number of hydrogen-bond donors (Lipinski definition) is 0. The van der Waals surface area contributed by atoms with Crippen molar-refractivity contribution in [1.29, 1.82) is 0 Å². The number of benzene rings is 1. The summed E-state index contributed by atoms with van der Waals surface area (Å²) in [5, 5.41) is 0.787. The van der Waals surface area contributed by atoms with E-state index in [9.17, 15) is 0 Å². The van der Waals surface area contributed by atoms with E-state index in [0.29, 0.717) is 11.8 Å². The van der Waals surface area contributed by atoms with E-state index in [0.717, 1.165) is 17.2 Å². The molecule has 0 aliphatic rings. The van der Waals surface area contributed by atoms with E-state index in [1.54, 1.807) is 49.8 Å². The molecule has 0 saturated heterocycles. The molecule has 1 aromatic rings. The quantitative estimate of drug-likeness (QED) is 0.538. The van der Waals surface area contributed by atoms with Crippen LogP contribution in [0.3, 0.4) is 0 Å². The van der Waals surface area contributed by atoms with E-state index < -0.39 is 17.6 Å².